The number of aromatic nitrogens is 1. The summed E-state index contributed by atoms with van der Waals surface area (Å²) < 4.78 is 5.64. The summed E-state index contributed by atoms with van der Waals surface area (Å²) in [6, 6.07) is 1.82. The lowest BCUT2D eigenvalue weighted by Crippen LogP contribution is -2.40. The molecule has 1 aliphatic rings. The lowest BCUT2D eigenvalue weighted by Gasteiger charge is -2.30. The smallest absolute Gasteiger partial charge is 0.198 e. The van der Waals surface area contributed by atoms with Gasteiger partial charge in [-0.1, -0.05) is 25.7 Å². The fraction of sp³-hybridized carbons (Fsp3) is 0.600. The third-order valence-corrected chi connectivity index (χ3v) is 4.02. The van der Waals surface area contributed by atoms with Crippen LogP contribution in [0.3, 0.4) is 0 Å². The van der Waals surface area contributed by atoms with Gasteiger partial charge in [-0.3, -0.25) is 4.79 Å². The van der Waals surface area contributed by atoms with E-state index in [-0.39, 0.29) is 5.78 Å². The van der Waals surface area contributed by atoms with Crippen molar-refractivity contribution in [1.82, 2.24) is 4.98 Å². The summed E-state index contributed by atoms with van der Waals surface area (Å²) in [6.45, 7) is 1.91. The van der Waals surface area contributed by atoms with Crippen molar-refractivity contribution in [1.29, 1.82) is 0 Å². The van der Waals surface area contributed by atoms with Crippen LogP contribution < -0.4 is 5.73 Å². The Morgan fingerprint density at radius 3 is 2.53 bits per heavy atom. The first-order valence-corrected chi connectivity index (χ1v) is 6.91. The SMILES string of the molecule is COC1(C(=O)c2cc(C)cnc2N)CCCCCC1. The molecule has 1 aromatic heterocycles. The zero-order valence-corrected chi connectivity index (χ0v) is 11.7. The van der Waals surface area contributed by atoms with Crippen molar-refractivity contribution in [2.45, 2.75) is 51.0 Å². The summed E-state index contributed by atoms with van der Waals surface area (Å²) in [7, 11) is 1.63. The third kappa shape index (κ3) is 2.78. The van der Waals surface area contributed by atoms with Crippen molar-refractivity contribution in [3.63, 3.8) is 0 Å². The molecule has 4 heteroatoms. The van der Waals surface area contributed by atoms with E-state index in [1.807, 2.05) is 13.0 Å². The second-order valence-corrected chi connectivity index (χ2v) is 5.39. The Balaban J connectivity index is 2.36. The van der Waals surface area contributed by atoms with Gasteiger partial charge in [-0.2, -0.15) is 0 Å². The predicted octanol–water partition coefficient (Wildman–Crippen LogP) is 2.89. The zero-order chi connectivity index (χ0) is 13.9. The van der Waals surface area contributed by atoms with E-state index >= 15 is 0 Å². The zero-order valence-electron chi connectivity index (χ0n) is 11.7. The van der Waals surface area contributed by atoms with Crippen LogP contribution in [0.5, 0.6) is 0 Å². The van der Waals surface area contributed by atoms with Crippen LogP contribution in [-0.2, 0) is 4.74 Å². The van der Waals surface area contributed by atoms with Gasteiger partial charge in [0.05, 0.1) is 5.56 Å². The number of Topliss-reactive ketones (excluding diaryl/α,β-unsaturated/α-hetero) is 1. The van der Waals surface area contributed by atoms with Crippen LogP contribution in [0, 0.1) is 6.92 Å². The van der Waals surface area contributed by atoms with Gasteiger partial charge in [0.25, 0.3) is 0 Å². The standard InChI is InChI=1S/C15H22N2O2/c1-11-9-12(14(16)17-10-11)13(18)15(19-2)7-5-3-4-6-8-15/h9-10H,3-8H2,1-2H3,(H2,16,17). The van der Waals surface area contributed by atoms with E-state index in [2.05, 4.69) is 4.98 Å². The number of ether oxygens (including phenoxy) is 1. The Morgan fingerprint density at radius 2 is 1.95 bits per heavy atom. The number of ketones is 1. The first-order chi connectivity index (χ1) is 9.09. The molecule has 0 saturated heterocycles. The minimum Gasteiger partial charge on any atom is -0.383 e. The van der Waals surface area contributed by atoms with Gasteiger partial charge in [0.15, 0.2) is 5.78 Å². The maximum Gasteiger partial charge on any atom is 0.198 e. The quantitative estimate of drug-likeness (QED) is 0.672. The van der Waals surface area contributed by atoms with Crippen LogP contribution in [0.4, 0.5) is 5.82 Å². The molecule has 0 bridgehead atoms. The highest BCUT2D eigenvalue weighted by Gasteiger charge is 2.40. The predicted molar refractivity (Wildman–Crippen MR) is 75.2 cm³/mol. The van der Waals surface area contributed by atoms with Gasteiger partial charge in [0, 0.05) is 13.3 Å². The number of carbonyl (C=O) groups excluding carboxylic acids is 1. The molecule has 0 atom stereocenters. The Morgan fingerprint density at radius 1 is 1.32 bits per heavy atom. The highest BCUT2D eigenvalue weighted by atomic mass is 16.5. The molecule has 19 heavy (non-hydrogen) atoms. The largest absolute Gasteiger partial charge is 0.383 e. The van der Waals surface area contributed by atoms with Crippen molar-refractivity contribution in [2.75, 3.05) is 12.8 Å². The molecule has 0 radical (unpaired) electrons. The van der Waals surface area contributed by atoms with Crippen LogP contribution >= 0.6 is 0 Å². The molecule has 0 spiro atoms. The number of carbonyl (C=O) groups is 1. The van der Waals surface area contributed by atoms with Gasteiger partial charge in [-0.25, -0.2) is 4.98 Å². The molecule has 1 saturated carbocycles. The first kappa shape index (κ1) is 14.0. The first-order valence-electron chi connectivity index (χ1n) is 6.91. The number of rotatable bonds is 3. The van der Waals surface area contributed by atoms with E-state index in [0.29, 0.717) is 11.4 Å². The van der Waals surface area contributed by atoms with Crippen LogP contribution in [-0.4, -0.2) is 23.5 Å². The average Bonchev–Trinajstić information content (AvgIpc) is 2.67. The van der Waals surface area contributed by atoms with Crippen LogP contribution in [0.15, 0.2) is 12.3 Å². The van der Waals surface area contributed by atoms with Gasteiger partial charge in [0.1, 0.15) is 11.4 Å². The molecule has 1 aromatic rings. The number of aryl methyl sites for hydroxylation is 1. The number of nitrogen functional groups attached to an aromatic ring is 1. The Labute approximate surface area is 114 Å². The summed E-state index contributed by atoms with van der Waals surface area (Å²) >= 11 is 0. The molecule has 1 aliphatic carbocycles. The minimum absolute atomic E-state index is 0.00870. The molecule has 104 valence electrons. The second-order valence-electron chi connectivity index (χ2n) is 5.39. The second kappa shape index (κ2) is 5.70. The Bertz CT molecular complexity index is 463. The van der Waals surface area contributed by atoms with Crippen LogP contribution in [0.25, 0.3) is 0 Å². The third-order valence-electron chi connectivity index (χ3n) is 4.02. The Kier molecular flexibility index (Phi) is 4.20. The molecule has 0 unspecified atom stereocenters. The maximum atomic E-state index is 12.8. The Hall–Kier alpha value is -1.42. The fourth-order valence-electron chi connectivity index (χ4n) is 2.83. The van der Waals surface area contributed by atoms with Crippen LogP contribution in [0.1, 0.15) is 54.4 Å². The highest BCUT2D eigenvalue weighted by molar-refractivity contribution is 6.05. The molecule has 0 aromatic carbocycles. The normalized spacial score (nSPS) is 18.8. The van der Waals surface area contributed by atoms with E-state index in [1.54, 1.807) is 13.3 Å². The number of pyridine rings is 1. The number of nitrogens with zero attached hydrogens (tertiary/aromatic N) is 1. The maximum absolute atomic E-state index is 12.8. The van der Waals surface area contributed by atoms with Gasteiger partial charge in [0.2, 0.25) is 0 Å². The molecule has 1 heterocycles. The van der Waals surface area contributed by atoms with Crippen molar-refractivity contribution >= 4 is 11.6 Å². The molecular formula is C15H22N2O2. The van der Waals surface area contributed by atoms with Crippen LogP contribution in [0.2, 0.25) is 0 Å². The van der Waals surface area contributed by atoms with E-state index < -0.39 is 5.60 Å². The van der Waals surface area contributed by atoms with Gasteiger partial charge >= 0.3 is 0 Å². The monoisotopic (exact) mass is 262 g/mol. The lowest BCUT2D eigenvalue weighted by molar-refractivity contribution is -0.00688. The fourth-order valence-corrected chi connectivity index (χ4v) is 2.83. The molecule has 4 nitrogen and oxygen atoms in total. The summed E-state index contributed by atoms with van der Waals surface area (Å²) in [5.74, 6) is 0.293. The molecule has 0 amide bonds. The van der Waals surface area contributed by atoms with Gasteiger partial charge in [-0.15, -0.1) is 0 Å². The van der Waals surface area contributed by atoms with E-state index in [9.17, 15) is 4.79 Å². The van der Waals surface area contributed by atoms with Crippen molar-refractivity contribution < 1.29 is 9.53 Å². The molecular weight excluding hydrogens is 240 g/mol. The number of anilines is 1. The number of hydrogen-bond donors (Lipinski definition) is 1. The van der Waals surface area contributed by atoms with E-state index in [4.69, 9.17) is 10.5 Å². The topological polar surface area (TPSA) is 65.2 Å². The number of nitrogens with two attached hydrogens (primary N) is 1. The molecule has 0 aliphatic heterocycles. The number of hydrogen-bond acceptors (Lipinski definition) is 4. The molecule has 2 rings (SSSR count). The van der Waals surface area contributed by atoms with Crippen molar-refractivity contribution in [3.05, 3.63) is 23.4 Å². The van der Waals surface area contributed by atoms with Gasteiger partial charge in [-0.05, 0) is 31.4 Å². The lowest BCUT2D eigenvalue weighted by atomic mass is 9.85. The number of methoxy groups -OCH3 is 1. The average molecular weight is 262 g/mol. The van der Waals surface area contributed by atoms with Crippen molar-refractivity contribution in [3.8, 4) is 0 Å². The summed E-state index contributed by atoms with van der Waals surface area (Å²) in [6.07, 6.45) is 7.61. The van der Waals surface area contributed by atoms with Gasteiger partial charge < -0.3 is 10.5 Å². The summed E-state index contributed by atoms with van der Waals surface area (Å²) in [4.78, 5) is 16.9. The summed E-state index contributed by atoms with van der Waals surface area (Å²) in [5, 5.41) is 0. The van der Waals surface area contributed by atoms with E-state index in [0.717, 1.165) is 31.2 Å². The van der Waals surface area contributed by atoms with Crippen molar-refractivity contribution in [2.24, 2.45) is 0 Å². The summed E-state index contributed by atoms with van der Waals surface area (Å²) in [5.41, 5.74) is 6.60. The van der Waals surface area contributed by atoms with E-state index in [1.165, 1.54) is 12.8 Å². The highest BCUT2D eigenvalue weighted by Crippen LogP contribution is 2.34. The molecule has 2 N–H and O–H groups in total. The minimum atomic E-state index is -0.708. The molecule has 1 fully saturated rings.